The summed E-state index contributed by atoms with van der Waals surface area (Å²) in [6.07, 6.45) is 2.65. The van der Waals surface area contributed by atoms with E-state index in [2.05, 4.69) is 22.5 Å². The number of aromatic nitrogens is 1. The van der Waals surface area contributed by atoms with Crippen molar-refractivity contribution < 1.29 is 14.3 Å². The Morgan fingerprint density at radius 2 is 1.96 bits per heavy atom. The lowest BCUT2D eigenvalue weighted by atomic mass is 10.0. The highest BCUT2D eigenvalue weighted by Crippen LogP contribution is 2.25. The first-order chi connectivity index (χ1) is 12.3. The lowest BCUT2D eigenvalue weighted by Crippen LogP contribution is -2.50. The maximum Gasteiger partial charge on any atom is 0.225 e. The van der Waals surface area contributed by atoms with Crippen LogP contribution in [-0.2, 0) is 11.3 Å². The van der Waals surface area contributed by atoms with Crippen LogP contribution in [0.5, 0.6) is 17.4 Å². The molecule has 6 nitrogen and oxygen atoms in total. The second-order valence-electron chi connectivity index (χ2n) is 5.96. The van der Waals surface area contributed by atoms with Crippen LogP contribution in [0.4, 0.5) is 0 Å². The number of nitrogens with one attached hydrogen (secondary N) is 2. The first-order valence-corrected chi connectivity index (χ1v) is 8.59. The SMILES string of the molecule is CCCOc1ccc(Oc2ncccc2CNC(=O)C2CNC2)cc1.Cl. The molecule has 0 atom stereocenters. The van der Waals surface area contributed by atoms with E-state index in [-0.39, 0.29) is 24.2 Å². The molecule has 0 unspecified atom stereocenters. The summed E-state index contributed by atoms with van der Waals surface area (Å²) in [4.78, 5) is 16.3. The van der Waals surface area contributed by atoms with Gasteiger partial charge in [0.25, 0.3) is 0 Å². The van der Waals surface area contributed by atoms with E-state index in [9.17, 15) is 4.79 Å². The number of nitrogens with zero attached hydrogens (tertiary/aromatic N) is 1. The van der Waals surface area contributed by atoms with Gasteiger partial charge in [0.2, 0.25) is 11.8 Å². The lowest BCUT2D eigenvalue weighted by Gasteiger charge is -2.25. The summed E-state index contributed by atoms with van der Waals surface area (Å²) in [5.74, 6) is 2.12. The van der Waals surface area contributed by atoms with Crippen LogP contribution < -0.4 is 20.1 Å². The van der Waals surface area contributed by atoms with E-state index < -0.39 is 0 Å². The molecule has 1 fully saturated rings. The van der Waals surface area contributed by atoms with E-state index >= 15 is 0 Å². The van der Waals surface area contributed by atoms with Crippen molar-refractivity contribution in [3.63, 3.8) is 0 Å². The largest absolute Gasteiger partial charge is 0.494 e. The van der Waals surface area contributed by atoms with E-state index in [4.69, 9.17) is 9.47 Å². The Morgan fingerprint density at radius 3 is 2.62 bits per heavy atom. The number of rotatable bonds is 8. The molecule has 1 aliphatic heterocycles. The number of ether oxygens (including phenoxy) is 2. The molecule has 0 saturated carbocycles. The van der Waals surface area contributed by atoms with Gasteiger partial charge in [-0.3, -0.25) is 4.79 Å². The zero-order valence-corrected chi connectivity index (χ0v) is 15.6. The molecule has 2 N–H and O–H groups in total. The second-order valence-corrected chi connectivity index (χ2v) is 5.96. The molecule has 1 aromatic carbocycles. The first-order valence-electron chi connectivity index (χ1n) is 8.59. The van der Waals surface area contributed by atoms with Gasteiger partial charge in [0, 0.05) is 31.4 Å². The summed E-state index contributed by atoms with van der Waals surface area (Å²) in [6, 6.07) is 11.2. The lowest BCUT2D eigenvalue weighted by molar-refractivity contribution is -0.126. The molecule has 3 rings (SSSR count). The van der Waals surface area contributed by atoms with Gasteiger partial charge < -0.3 is 20.1 Å². The summed E-state index contributed by atoms with van der Waals surface area (Å²) in [7, 11) is 0. The smallest absolute Gasteiger partial charge is 0.225 e. The molecule has 0 spiro atoms. The molecule has 1 amide bonds. The van der Waals surface area contributed by atoms with Crippen LogP contribution >= 0.6 is 12.4 Å². The van der Waals surface area contributed by atoms with Gasteiger partial charge in [-0.1, -0.05) is 13.0 Å². The van der Waals surface area contributed by atoms with Crippen molar-refractivity contribution in [2.24, 2.45) is 5.92 Å². The van der Waals surface area contributed by atoms with Gasteiger partial charge in [-0.2, -0.15) is 0 Å². The van der Waals surface area contributed by atoms with Crippen LogP contribution in [0.25, 0.3) is 0 Å². The zero-order valence-electron chi connectivity index (χ0n) is 14.7. The molecule has 0 bridgehead atoms. The maximum atomic E-state index is 12.0. The molecule has 2 heterocycles. The van der Waals surface area contributed by atoms with Gasteiger partial charge in [-0.25, -0.2) is 4.98 Å². The van der Waals surface area contributed by atoms with E-state index in [0.29, 0.717) is 24.8 Å². The molecule has 7 heteroatoms. The van der Waals surface area contributed by atoms with Gasteiger partial charge in [0.05, 0.1) is 12.5 Å². The maximum absolute atomic E-state index is 12.0. The number of hydrogen-bond donors (Lipinski definition) is 2. The molecular formula is C19H24ClN3O3. The minimum atomic E-state index is 0. The van der Waals surface area contributed by atoms with Crippen molar-refractivity contribution in [2.45, 2.75) is 19.9 Å². The Labute approximate surface area is 159 Å². The second kappa shape index (κ2) is 9.99. The van der Waals surface area contributed by atoms with Crippen LogP contribution in [0.1, 0.15) is 18.9 Å². The van der Waals surface area contributed by atoms with Crippen LogP contribution in [0.2, 0.25) is 0 Å². The van der Waals surface area contributed by atoms with Crippen LogP contribution in [-0.4, -0.2) is 30.6 Å². The highest BCUT2D eigenvalue weighted by Gasteiger charge is 2.24. The highest BCUT2D eigenvalue weighted by molar-refractivity contribution is 5.85. The van der Waals surface area contributed by atoms with Gasteiger partial charge >= 0.3 is 0 Å². The Morgan fingerprint density at radius 1 is 1.23 bits per heavy atom. The fourth-order valence-corrected chi connectivity index (χ4v) is 2.39. The van der Waals surface area contributed by atoms with Crippen LogP contribution in [0.15, 0.2) is 42.6 Å². The average Bonchev–Trinajstić information content (AvgIpc) is 2.59. The molecule has 1 aromatic heterocycles. The quantitative estimate of drug-likeness (QED) is 0.740. The van der Waals surface area contributed by atoms with Crippen LogP contribution in [0.3, 0.4) is 0 Å². The van der Waals surface area contributed by atoms with Crippen molar-refractivity contribution in [3.05, 3.63) is 48.2 Å². The Bertz CT molecular complexity index is 705. The van der Waals surface area contributed by atoms with E-state index in [0.717, 1.165) is 30.8 Å². The number of benzene rings is 1. The zero-order chi connectivity index (χ0) is 17.5. The summed E-state index contributed by atoms with van der Waals surface area (Å²) < 4.78 is 11.4. The van der Waals surface area contributed by atoms with Crippen molar-refractivity contribution in [1.82, 2.24) is 15.6 Å². The Kier molecular flexibility index (Phi) is 7.69. The average molecular weight is 378 g/mol. The van der Waals surface area contributed by atoms with Gasteiger partial charge in [0.1, 0.15) is 11.5 Å². The minimum absolute atomic E-state index is 0. The summed E-state index contributed by atoms with van der Waals surface area (Å²) in [6.45, 7) is 4.65. The van der Waals surface area contributed by atoms with E-state index in [1.807, 2.05) is 36.4 Å². The van der Waals surface area contributed by atoms with E-state index in [1.165, 1.54) is 0 Å². The van der Waals surface area contributed by atoms with Gasteiger partial charge in [-0.05, 0) is 36.8 Å². The molecular weight excluding hydrogens is 354 g/mol. The normalized spacial score (nSPS) is 13.3. The van der Waals surface area contributed by atoms with Crippen molar-refractivity contribution in [3.8, 4) is 17.4 Å². The van der Waals surface area contributed by atoms with Crippen LogP contribution in [0, 0.1) is 5.92 Å². The fraction of sp³-hybridized carbons (Fsp3) is 0.368. The van der Waals surface area contributed by atoms with Gasteiger partial charge in [-0.15, -0.1) is 12.4 Å². The standard InChI is InChI=1S/C19H23N3O3.ClH/c1-2-10-24-16-5-7-17(8-6-16)25-19-14(4-3-9-21-19)13-22-18(23)15-11-20-12-15;/h3-9,15,20H,2,10-13H2,1H3,(H,22,23);1H. The number of carbonyl (C=O) groups excluding carboxylic acids is 1. The molecule has 26 heavy (non-hydrogen) atoms. The third kappa shape index (κ3) is 5.34. The van der Waals surface area contributed by atoms with Crippen molar-refractivity contribution >= 4 is 18.3 Å². The minimum Gasteiger partial charge on any atom is -0.494 e. The van der Waals surface area contributed by atoms with Crippen molar-refractivity contribution in [2.75, 3.05) is 19.7 Å². The molecule has 0 radical (unpaired) electrons. The predicted molar refractivity (Wildman–Crippen MR) is 102 cm³/mol. The first kappa shape index (κ1) is 20.0. The third-order valence-corrected chi connectivity index (χ3v) is 3.97. The predicted octanol–water partition coefficient (Wildman–Crippen LogP) is 2.92. The Balaban J connectivity index is 0.00000243. The number of halogens is 1. The van der Waals surface area contributed by atoms with Gasteiger partial charge in [0.15, 0.2) is 0 Å². The number of carbonyl (C=O) groups is 1. The topological polar surface area (TPSA) is 72.5 Å². The Hall–Kier alpha value is -2.31. The summed E-state index contributed by atoms with van der Waals surface area (Å²) in [5.41, 5.74) is 0.842. The molecule has 0 aliphatic carbocycles. The molecule has 140 valence electrons. The van der Waals surface area contributed by atoms with Crippen molar-refractivity contribution in [1.29, 1.82) is 0 Å². The monoisotopic (exact) mass is 377 g/mol. The molecule has 1 saturated heterocycles. The number of pyridine rings is 1. The third-order valence-electron chi connectivity index (χ3n) is 3.97. The fourth-order valence-electron chi connectivity index (χ4n) is 2.39. The highest BCUT2D eigenvalue weighted by atomic mass is 35.5. The molecule has 1 aliphatic rings. The summed E-state index contributed by atoms with van der Waals surface area (Å²) in [5, 5.41) is 6.03. The summed E-state index contributed by atoms with van der Waals surface area (Å²) >= 11 is 0. The number of amides is 1. The molecule has 2 aromatic rings. The number of hydrogen-bond acceptors (Lipinski definition) is 5. The van der Waals surface area contributed by atoms with E-state index in [1.54, 1.807) is 6.20 Å².